The van der Waals surface area contributed by atoms with Gasteiger partial charge in [0, 0.05) is 34.8 Å². The second kappa shape index (κ2) is 6.69. The second-order valence-corrected chi connectivity index (χ2v) is 5.78. The number of fused-ring (bicyclic) bond motifs is 1. The van der Waals surface area contributed by atoms with Crippen molar-refractivity contribution in [2.75, 3.05) is 7.11 Å². The number of amides is 1. The van der Waals surface area contributed by atoms with Gasteiger partial charge in [-0.05, 0) is 18.9 Å². The van der Waals surface area contributed by atoms with Crippen LogP contribution in [-0.2, 0) is 14.3 Å². The molecule has 5 nitrogen and oxygen atoms in total. The molecule has 1 amide bonds. The van der Waals surface area contributed by atoms with E-state index in [1.807, 2.05) is 24.3 Å². The number of hydrogen-bond acceptors (Lipinski definition) is 3. The van der Waals surface area contributed by atoms with Crippen molar-refractivity contribution in [3.63, 3.8) is 0 Å². The van der Waals surface area contributed by atoms with Crippen molar-refractivity contribution in [1.82, 2.24) is 10.3 Å². The first kappa shape index (κ1) is 15.3. The molecule has 1 aromatic heterocycles. The van der Waals surface area contributed by atoms with Crippen LogP contribution in [0, 0.1) is 0 Å². The van der Waals surface area contributed by atoms with E-state index in [0.29, 0.717) is 11.1 Å². The van der Waals surface area contributed by atoms with Gasteiger partial charge in [0.05, 0.1) is 12.7 Å². The van der Waals surface area contributed by atoms with Crippen LogP contribution < -0.4 is 5.32 Å². The predicted molar refractivity (Wildman–Crippen MR) is 88.7 cm³/mol. The standard InChI is InChI=1S/C18H20N2O3/c1-23-17(21)10-14(18(22)20-12-6-2-3-7-12)15-11-19-16-9-5-4-8-13(15)16/h4-5,8-12,19H,2-3,6-7H2,1H3,(H,20,22)/b14-10-. The fourth-order valence-corrected chi connectivity index (χ4v) is 3.07. The van der Waals surface area contributed by atoms with E-state index in [1.165, 1.54) is 13.2 Å². The minimum Gasteiger partial charge on any atom is -0.466 e. The summed E-state index contributed by atoms with van der Waals surface area (Å²) in [5, 5.41) is 3.94. The zero-order valence-corrected chi connectivity index (χ0v) is 13.1. The van der Waals surface area contributed by atoms with Gasteiger partial charge in [-0.2, -0.15) is 0 Å². The Bertz CT molecular complexity index is 754. The summed E-state index contributed by atoms with van der Waals surface area (Å²) in [6.07, 6.45) is 7.27. The number of benzene rings is 1. The molecule has 0 spiro atoms. The number of carbonyl (C=O) groups excluding carboxylic acids is 2. The van der Waals surface area contributed by atoms with Crippen molar-refractivity contribution in [3.05, 3.63) is 42.1 Å². The molecule has 0 radical (unpaired) electrons. The number of carbonyl (C=O) groups is 2. The number of ether oxygens (including phenoxy) is 1. The van der Waals surface area contributed by atoms with Gasteiger partial charge in [-0.3, -0.25) is 4.79 Å². The molecular formula is C18H20N2O3. The number of hydrogen-bond donors (Lipinski definition) is 2. The van der Waals surface area contributed by atoms with Crippen molar-refractivity contribution in [2.24, 2.45) is 0 Å². The molecule has 0 bridgehead atoms. The van der Waals surface area contributed by atoms with Gasteiger partial charge < -0.3 is 15.0 Å². The zero-order valence-electron chi connectivity index (χ0n) is 13.1. The summed E-state index contributed by atoms with van der Waals surface area (Å²) >= 11 is 0. The van der Waals surface area contributed by atoms with Crippen molar-refractivity contribution in [3.8, 4) is 0 Å². The smallest absolute Gasteiger partial charge is 0.331 e. The lowest BCUT2D eigenvalue weighted by molar-refractivity contribution is -0.135. The molecule has 1 saturated carbocycles. The van der Waals surface area contributed by atoms with E-state index in [1.54, 1.807) is 6.20 Å². The summed E-state index contributed by atoms with van der Waals surface area (Å²) in [7, 11) is 1.31. The van der Waals surface area contributed by atoms with E-state index in [4.69, 9.17) is 4.74 Å². The molecule has 0 unspecified atom stereocenters. The van der Waals surface area contributed by atoms with E-state index >= 15 is 0 Å². The molecule has 120 valence electrons. The van der Waals surface area contributed by atoms with Crippen LogP contribution in [0.5, 0.6) is 0 Å². The van der Waals surface area contributed by atoms with Gasteiger partial charge in [-0.25, -0.2) is 4.79 Å². The van der Waals surface area contributed by atoms with Crippen LogP contribution in [0.15, 0.2) is 36.5 Å². The summed E-state index contributed by atoms with van der Waals surface area (Å²) in [4.78, 5) is 27.5. The first-order chi connectivity index (χ1) is 11.2. The lowest BCUT2D eigenvalue weighted by atomic mass is 10.0. The van der Waals surface area contributed by atoms with Gasteiger partial charge in [-0.1, -0.05) is 31.0 Å². The molecule has 1 heterocycles. The second-order valence-electron chi connectivity index (χ2n) is 5.78. The quantitative estimate of drug-likeness (QED) is 0.673. The van der Waals surface area contributed by atoms with Crippen LogP contribution in [0.3, 0.4) is 0 Å². The van der Waals surface area contributed by atoms with Crippen LogP contribution in [0.1, 0.15) is 31.2 Å². The highest BCUT2D eigenvalue weighted by Crippen LogP contribution is 2.26. The van der Waals surface area contributed by atoms with Crippen LogP contribution in [0.25, 0.3) is 16.5 Å². The molecule has 0 saturated heterocycles. The third kappa shape index (κ3) is 3.28. The Kier molecular flexibility index (Phi) is 4.46. The maximum absolute atomic E-state index is 12.7. The molecular weight excluding hydrogens is 292 g/mol. The Morgan fingerprint density at radius 2 is 2.00 bits per heavy atom. The van der Waals surface area contributed by atoms with Gasteiger partial charge in [0.2, 0.25) is 0 Å². The highest BCUT2D eigenvalue weighted by molar-refractivity contribution is 6.25. The van der Waals surface area contributed by atoms with Crippen LogP contribution in [0.2, 0.25) is 0 Å². The first-order valence-corrected chi connectivity index (χ1v) is 7.86. The maximum atomic E-state index is 12.7. The number of rotatable bonds is 4. The minimum atomic E-state index is -0.535. The van der Waals surface area contributed by atoms with E-state index in [2.05, 4.69) is 10.3 Å². The van der Waals surface area contributed by atoms with E-state index in [9.17, 15) is 9.59 Å². The number of esters is 1. The highest BCUT2D eigenvalue weighted by atomic mass is 16.5. The molecule has 1 aliphatic rings. The molecule has 3 rings (SSSR count). The number of H-pyrrole nitrogens is 1. The van der Waals surface area contributed by atoms with Crippen LogP contribution in [-0.4, -0.2) is 30.0 Å². The number of methoxy groups -OCH3 is 1. The SMILES string of the molecule is COC(=O)/C=C(\C(=O)NC1CCCC1)c1c[nH]c2ccccc12. The first-order valence-electron chi connectivity index (χ1n) is 7.86. The predicted octanol–water partition coefficient (Wildman–Crippen LogP) is 2.78. The van der Waals surface area contributed by atoms with Crippen molar-refractivity contribution in [1.29, 1.82) is 0 Å². The highest BCUT2D eigenvalue weighted by Gasteiger charge is 2.22. The van der Waals surface area contributed by atoms with Gasteiger partial charge in [0.25, 0.3) is 5.91 Å². The fourth-order valence-electron chi connectivity index (χ4n) is 3.07. The Hall–Kier alpha value is -2.56. The average molecular weight is 312 g/mol. The molecule has 5 heteroatoms. The molecule has 0 atom stereocenters. The van der Waals surface area contributed by atoms with Crippen LogP contribution >= 0.6 is 0 Å². The lowest BCUT2D eigenvalue weighted by Gasteiger charge is -2.13. The van der Waals surface area contributed by atoms with Gasteiger partial charge >= 0.3 is 5.97 Å². The summed E-state index contributed by atoms with van der Waals surface area (Å²) in [5.41, 5.74) is 1.97. The van der Waals surface area contributed by atoms with Gasteiger partial charge in [-0.15, -0.1) is 0 Å². The summed E-state index contributed by atoms with van der Waals surface area (Å²) in [6.45, 7) is 0. The molecule has 2 aromatic rings. The Balaban J connectivity index is 1.96. The topological polar surface area (TPSA) is 71.2 Å². The van der Waals surface area contributed by atoms with E-state index in [-0.39, 0.29) is 11.9 Å². The number of para-hydroxylation sites is 1. The number of aromatic nitrogens is 1. The molecule has 23 heavy (non-hydrogen) atoms. The third-order valence-electron chi connectivity index (χ3n) is 4.28. The summed E-state index contributed by atoms with van der Waals surface area (Å²) in [5.74, 6) is -0.765. The summed E-state index contributed by atoms with van der Waals surface area (Å²) in [6, 6.07) is 7.88. The largest absolute Gasteiger partial charge is 0.466 e. The molecule has 0 aliphatic heterocycles. The molecule has 2 N–H and O–H groups in total. The van der Waals surface area contributed by atoms with Crippen molar-refractivity contribution < 1.29 is 14.3 Å². The number of nitrogens with one attached hydrogen (secondary N) is 2. The lowest BCUT2D eigenvalue weighted by Crippen LogP contribution is -2.33. The van der Waals surface area contributed by atoms with Gasteiger partial charge in [0.1, 0.15) is 0 Å². The monoisotopic (exact) mass is 312 g/mol. The fraction of sp³-hybridized carbons (Fsp3) is 0.333. The molecule has 1 aliphatic carbocycles. The van der Waals surface area contributed by atoms with E-state index < -0.39 is 5.97 Å². The van der Waals surface area contributed by atoms with Crippen molar-refractivity contribution >= 4 is 28.4 Å². The van der Waals surface area contributed by atoms with Gasteiger partial charge in [0.15, 0.2) is 0 Å². The Labute approximate surface area is 134 Å². The zero-order chi connectivity index (χ0) is 16.2. The Morgan fingerprint density at radius 3 is 2.74 bits per heavy atom. The average Bonchev–Trinajstić information content (AvgIpc) is 3.21. The Morgan fingerprint density at radius 1 is 1.26 bits per heavy atom. The maximum Gasteiger partial charge on any atom is 0.331 e. The summed E-state index contributed by atoms with van der Waals surface area (Å²) < 4.78 is 4.71. The molecule has 1 fully saturated rings. The van der Waals surface area contributed by atoms with Crippen LogP contribution in [0.4, 0.5) is 0 Å². The normalized spacial score (nSPS) is 15.8. The number of aromatic amines is 1. The minimum absolute atomic E-state index is 0.189. The third-order valence-corrected chi connectivity index (χ3v) is 4.28. The van der Waals surface area contributed by atoms with E-state index in [0.717, 1.165) is 36.6 Å². The van der Waals surface area contributed by atoms with Crippen molar-refractivity contribution in [2.45, 2.75) is 31.7 Å². The molecule has 1 aromatic carbocycles.